The molecule has 0 bridgehead atoms. The van der Waals surface area contributed by atoms with Gasteiger partial charge in [-0.3, -0.25) is 0 Å². The summed E-state index contributed by atoms with van der Waals surface area (Å²) in [6, 6.07) is 58.0. The van der Waals surface area contributed by atoms with E-state index in [9.17, 15) is 0 Å². The highest BCUT2D eigenvalue weighted by Gasteiger charge is 2.18. The summed E-state index contributed by atoms with van der Waals surface area (Å²) in [5.41, 5.74) is 9.32. The van der Waals surface area contributed by atoms with Gasteiger partial charge < -0.3 is 9.32 Å². The zero-order valence-electron chi connectivity index (χ0n) is 25.0. The van der Waals surface area contributed by atoms with E-state index in [1.165, 1.54) is 27.5 Å². The highest BCUT2D eigenvalue weighted by atomic mass is 16.3. The van der Waals surface area contributed by atoms with Gasteiger partial charge in [0.15, 0.2) is 0 Å². The normalized spacial score (nSPS) is 11.5. The fourth-order valence-electron chi connectivity index (χ4n) is 6.67. The summed E-state index contributed by atoms with van der Waals surface area (Å²) >= 11 is 0. The van der Waals surface area contributed by atoms with Gasteiger partial charge in [-0.1, -0.05) is 127 Å². The Morgan fingerprint density at radius 2 is 1.11 bits per heavy atom. The van der Waals surface area contributed by atoms with E-state index in [1.54, 1.807) is 0 Å². The first-order chi connectivity index (χ1) is 22.8. The van der Waals surface area contributed by atoms with Crippen LogP contribution in [0.5, 0.6) is 0 Å². The van der Waals surface area contributed by atoms with E-state index in [-0.39, 0.29) is 0 Å². The van der Waals surface area contributed by atoms with Gasteiger partial charge in [-0.05, 0) is 74.8 Å². The molecule has 2 heterocycles. The molecule has 0 saturated heterocycles. The summed E-state index contributed by atoms with van der Waals surface area (Å²) in [5.74, 6) is 0. The Kier molecular flexibility index (Phi) is 6.14. The zero-order chi connectivity index (χ0) is 30.5. The number of anilines is 3. The minimum Gasteiger partial charge on any atom is -0.437 e. The first kappa shape index (κ1) is 26.2. The summed E-state index contributed by atoms with van der Waals surface area (Å²) in [6.45, 7) is 0. The van der Waals surface area contributed by atoms with Crippen LogP contribution < -0.4 is 4.90 Å². The molecule has 9 rings (SSSR count). The van der Waals surface area contributed by atoms with E-state index < -0.39 is 0 Å². The lowest BCUT2D eigenvalue weighted by molar-refractivity contribution is 0.657. The van der Waals surface area contributed by atoms with Crippen molar-refractivity contribution in [2.75, 3.05) is 4.90 Å². The predicted molar refractivity (Wildman–Crippen MR) is 192 cm³/mol. The molecule has 0 aliphatic heterocycles. The molecule has 2 aromatic heterocycles. The molecule has 0 fully saturated rings. The van der Waals surface area contributed by atoms with Crippen molar-refractivity contribution in [2.24, 2.45) is 0 Å². The third-order valence-corrected chi connectivity index (χ3v) is 8.90. The van der Waals surface area contributed by atoms with E-state index in [2.05, 4.69) is 169 Å². The lowest BCUT2D eigenvalue weighted by Gasteiger charge is -2.26. The molecule has 9 aromatic rings. The Hall–Kier alpha value is -6.19. The lowest BCUT2D eigenvalue weighted by atomic mass is 9.98. The quantitative estimate of drug-likeness (QED) is 0.200. The zero-order valence-corrected chi connectivity index (χ0v) is 25.0. The maximum atomic E-state index is 6.36. The number of nitrogens with zero attached hydrogens (tertiary/aromatic N) is 2. The van der Waals surface area contributed by atoms with Crippen LogP contribution in [0.2, 0.25) is 0 Å². The number of rotatable bonds is 5. The standard InChI is InChI=1S/C43H28N2O/c1-2-10-29(11-3-1)33-15-8-16-35(26-33)45(34-23-20-32(21-24-34)38-19-9-14-30-12-4-6-17-37(30)38)36-27-41-40-25-22-31-13-5-7-18-39(31)42(40)46-43(41)44-28-36/h1-28H. The van der Waals surface area contributed by atoms with Gasteiger partial charge in [0.1, 0.15) is 5.58 Å². The van der Waals surface area contributed by atoms with E-state index in [0.29, 0.717) is 5.71 Å². The van der Waals surface area contributed by atoms with Crippen molar-refractivity contribution in [1.29, 1.82) is 0 Å². The number of aromatic nitrogens is 1. The highest BCUT2D eigenvalue weighted by molar-refractivity contribution is 6.15. The van der Waals surface area contributed by atoms with Crippen LogP contribution in [-0.2, 0) is 0 Å². The molecule has 0 aliphatic carbocycles. The van der Waals surface area contributed by atoms with Gasteiger partial charge in [-0.2, -0.15) is 0 Å². The summed E-state index contributed by atoms with van der Waals surface area (Å²) < 4.78 is 6.36. The predicted octanol–water partition coefficient (Wildman–Crippen LogP) is 12.1. The second-order valence-corrected chi connectivity index (χ2v) is 11.6. The maximum Gasteiger partial charge on any atom is 0.227 e. The summed E-state index contributed by atoms with van der Waals surface area (Å²) in [7, 11) is 0. The van der Waals surface area contributed by atoms with Crippen molar-refractivity contribution in [2.45, 2.75) is 0 Å². The Morgan fingerprint density at radius 3 is 1.96 bits per heavy atom. The second kappa shape index (κ2) is 10.8. The van der Waals surface area contributed by atoms with Crippen LogP contribution in [0, 0.1) is 0 Å². The van der Waals surface area contributed by atoms with Crippen LogP contribution in [0.25, 0.3) is 65.9 Å². The number of fused-ring (bicyclic) bond motifs is 6. The van der Waals surface area contributed by atoms with Crippen LogP contribution in [0.1, 0.15) is 0 Å². The van der Waals surface area contributed by atoms with Crippen molar-refractivity contribution < 1.29 is 4.42 Å². The third kappa shape index (κ3) is 4.41. The summed E-state index contributed by atoms with van der Waals surface area (Å²) in [4.78, 5) is 7.15. The van der Waals surface area contributed by atoms with E-state index >= 15 is 0 Å². The Bertz CT molecular complexity index is 2530. The Balaban J connectivity index is 1.21. The number of benzene rings is 7. The molecule has 3 heteroatoms. The topological polar surface area (TPSA) is 29.3 Å². The summed E-state index contributed by atoms with van der Waals surface area (Å²) in [5, 5.41) is 6.79. The van der Waals surface area contributed by atoms with Gasteiger partial charge in [0.25, 0.3) is 0 Å². The number of pyridine rings is 1. The second-order valence-electron chi connectivity index (χ2n) is 11.6. The number of furan rings is 1. The largest absolute Gasteiger partial charge is 0.437 e. The van der Waals surface area contributed by atoms with Gasteiger partial charge in [-0.25, -0.2) is 4.98 Å². The molecule has 0 atom stereocenters. The van der Waals surface area contributed by atoms with E-state index in [1.807, 2.05) is 6.20 Å². The molecule has 0 saturated carbocycles. The smallest absolute Gasteiger partial charge is 0.227 e. The summed E-state index contributed by atoms with van der Waals surface area (Å²) in [6.07, 6.45) is 1.92. The molecule has 0 aliphatic rings. The maximum absolute atomic E-state index is 6.36. The van der Waals surface area contributed by atoms with Crippen molar-refractivity contribution in [3.05, 3.63) is 170 Å². The highest BCUT2D eigenvalue weighted by Crippen LogP contribution is 2.41. The van der Waals surface area contributed by atoms with Gasteiger partial charge in [0, 0.05) is 22.1 Å². The monoisotopic (exact) mass is 588 g/mol. The molecule has 46 heavy (non-hydrogen) atoms. The van der Waals surface area contributed by atoms with Crippen molar-refractivity contribution >= 4 is 60.7 Å². The fraction of sp³-hybridized carbons (Fsp3) is 0. The van der Waals surface area contributed by atoms with Crippen LogP contribution in [0.15, 0.2) is 174 Å². The van der Waals surface area contributed by atoms with Gasteiger partial charge >= 0.3 is 0 Å². The molecule has 0 unspecified atom stereocenters. The number of hydrogen-bond donors (Lipinski definition) is 0. The molecule has 0 N–H and O–H groups in total. The third-order valence-electron chi connectivity index (χ3n) is 8.90. The van der Waals surface area contributed by atoms with Crippen LogP contribution >= 0.6 is 0 Å². The van der Waals surface area contributed by atoms with E-state index in [4.69, 9.17) is 9.40 Å². The van der Waals surface area contributed by atoms with Crippen LogP contribution in [-0.4, -0.2) is 4.98 Å². The SMILES string of the molecule is c1ccc(-c2cccc(N(c3ccc(-c4cccc5ccccc45)cc3)c3cnc4oc5c6ccccc6ccc5c4c3)c2)cc1. The Labute approximate surface area is 266 Å². The van der Waals surface area contributed by atoms with Crippen molar-refractivity contribution in [3.8, 4) is 22.3 Å². The van der Waals surface area contributed by atoms with Crippen LogP contribution in [0.4, 0.5) is 17.1 Å². The average molecular weight is 589 g/mol. The molecular weight excluding hydrogens is 560 g/mol. The molecule has 3 nitrogen and oxygen atoms in total. The first-order valence-corrected chi connectivity index (χ1v) is 15.5. The molecule has 0 amide bonds. The molecule has 0 spiro atoms. The van der Waals surface area contributed by atoms with Gasteiger partial charge in [0.05, 0.1) is 17.3 Å². The van der Waals surface area contributed by atoms with Gasteiger partial charge in [-0.15, -0.1) is 0 Å². The first-order valence-electron chi connectivity index (χ1n) is 15.5. The number of hydrogen-bond acceptors (Lipinski definition) is 3. The van der Waals surface area contributed by atoms with Crippen molar-refractivity contribution in [3.63, 3.8) is 0 Å². The Morgan fingerprint density at radius 1 is 0.413 bits per heavy atom. The molecule has 7 aromatic carbocycles. The molecule has 0 radical (unpaired) electrons. The molecular formula is C43H28N2O. The average Bonchev–Trinajstić information content (AvgIpc) is 3.51. The lowest BCUT2D eigenvalue weighted by Crippen LogP contribution is -2.10. The fourth-order valence-corrected chi connectivity index (χ4v) is 6.67. The minimum atomic E-state index is 0.638. The molecule has 216 valence electrons. The van der Waals surface area contributed by atoms with Gasteiger partial charge in [0.2, 0.25) is 5.71 Å². The van der Waals surface area contributed by atoms with Crippen LogP contribution in [0.3, 0.4) is 0 Å². The van der Waals surface area contributed by atoms with E-state index in [0.717, 1.165) is 49.8 Å². The van der Waals surface area contributed by atoms with Crippen molar-refractivity contribution in [1.82, 2.24) is 4.98 Å². The minimum absolute atomic E-state index is 0.638.